The molecule has 1 rings (SSSR count). The third kappa shape index (κ3) is 5.12. The van der Waals surface area contributed by atoms with Crippen molar-refractivity contribution < 1.29 is 4.79 Å². The molecule has 3 N–H and O–H groups in total. The van der Waals surface area contributed by atoms with Crippen molar-refractivity contribution in [1.29, 1.82) is 0 Å². The fraction of sp³-hybridized carbons (Fsp3) is 0.455. The summed E-state index contributed by atoms with van der Waals surface area (Å²) in [6, 6.07) is 5.71. The van der Waals surface area contributed by atoms with Gasteiger partial charge in [-0.15, -0.1) is 0 Å². The normalized spacial score (nSPS) is 9.93. The molecule has 82 valence electrons. The van der Waals surface area contributed by atoms with Gasteiger partial charge in [-0.1, -0.05) is 6.07 Å². The number of rotatable bonds is 6. The second kappa shape index (κ2) is 6.95. The zero-order valence-electron chi connectivity index (χ0n) is 8.78. The molecule has 4 heteroatoms. The van der Waals surface area contributed by atoms with E-state index in [9.17, 15) is 4.79 Å². The maximum atomic E-state index is 11.3. The molecule has 4 nitrogen and oxygen atoms in total. The Morgan fingerprint density at radius 3 is 3.00 bits per heavy atom. The molecule has 0 unspecified atom stereocenters. The highest BCUT2D eigenvalue weighted by atomic mass is 16.1. The Balaban J connectivity index is 2.17. The SMILES string of the molecule is NCCCNC(=O)CCc1ccccn1. The van der Waals surface area contributed by atoms with Crippen LogP contribution in [0.25, 0.3) is 0 Å². The van der Waals surface area contributed by atoms with Crippen LogP contribution in [0.1, 0.15) is 18.5 Å². The van der Waals surface area contributed by atoms with Gasteiger partial charge in [-0.05, 0) is 31.5 Å². The molecular formula is C11H17N3O. The summed E-state index contributed by atoms with van der Waals surface area (Å²) in [6.45, 7) is 1.28. The first-order valence-electron chi connectivity index (χ1n) is 5.19. The Hall–Kier alpha value is -1.42. The van der Waals surface area contributed by atoms with E-state index >= 15 is 0 Å². The zero-order chi connectivity index (χ0) is 10.9. The maximum absolute atomic E-state index is 11.3. The van der Waals surface area contributed by atoms with Crippen molar-refractivity contribution in [2.24, 2.45) is 5.73 Å². The van der Waals surface area contributed by atoms with E-state index in [1.807, 2.05) is 18.2 Å². The number of nitrogens with two attached hydrogens (primary N) is 1. The molecule has 1 heterocycles. The largest absolute Gasteiger partial charge is 0.356 e. The van der Waals surface area contributed by atoms with E-state index in [0.717, 1.165) is 12.1 Å². The lowest BCUT2D eigenvalue weighted by molar-refractivity contribution is -0.121. The first-order chi connectivity index (χ1) is 7.33. The van der Waals surface area contributed by atoms with Crippen LogP contribution in [0.2, 0.25) is 0 Å². The molecular weight excluding hydrogens is 190 g/mol. The van der Waals surface area contributed by atoms with Crippen molar-refractivity contribution in [3.8, 4) is 0 Å². The molecule has 1 amide bonds. The van der Waals surface area contributed by atoms with Crippen LogP contribution in [0.3, 0.4) is 0 Å². The van der Waals surface area contributed by atoms with Crippen LogP contribution < -0.4 is 11.1 Å². The minimum Gasteiger partial charge on any atom is -0.356 e. The van der Waals surface area contributed by atoms with E-state index in [-0.39, 0.29) is 5.91 Å². The quantitative estimate of drug-likeness (QED) is 0.667. The number of aromatic nitrogens is 1. The summed E-state index contributed by atoms with van der Waals surface area (Å²) in [5.41, 5.74) is 6.27. The molecule has 0 aliphatic carbocycles. The van der Waals surface area contributed by atoms with E-state index in [1.54, 1.807) is 6.20 Å². The number of nitrogens with one attached hydrogen (secondary N) is 1. The first kappa shape index (κ1) is 11.7. The van der Waals surface area contributed by atoms with Crippen molar-refractivity contribution >= 4 is 5.91 Å². The van der Waals surface area contributed by atoms with Gasteiger partial charge in [0.15, 0.2) is 0 Å². The fourth-order valence-corrected chi connectivity index (χ4v) is 1.21. The highest BCUT2D eigenvalue weighted by Gasteiger charge is 2.01. The van der Waals surface area contributed by atoms with Crippen LogP contribution in [0.5, 0.6) is 0 Å². The van der Waals surface area contributed by atoms with Gasteiger partial charge in [0.1, 0.15) is 0 Å². The van der Waals surface area contributed by atoms with E-state index < -0.39 is 0 Å². The summed E-state index contributed by atoms with van der Waals surface area (Å²) in [5, 5.41) is 2.81. The molecule has 0 fully saturated rings. The lowest BCUT2D eigenvalue weighted by Gasteiger charge is -2.03. The highest BCUT2D eigenvalue weighted by Crippen LogP contribution is 1.97. The predicted molar refractivity (Wildman–Crippen MR) is 59.2 cm³/mol. The van der Waals surface area contributed by atoms with Gasteiger partial charge in [0.05, 0.1) is 0 Å². The maximum Gasteiger partial charge on any atom is 0.220 e. The van der Waals surface area contributed by atoms with Gasteiger partial charge >= 0.3 is 0 Å². The van der Waals surface area contributed by atoms with Crippen molar-refractivity contribution in [1.82, 2.24) is 10.3 Å². The highest BCUT2D eigenvalue weighted by molar-refractivity contribution is 5.76. The van der Waals surface area contributed by atoms with Crippen LogP contribution in [0.15, 0.2) is 24.4 Å². The molecule has 0 aliphatic rings. The van der Waals surface area contributed by atoms with Gasteiger partial charge in [0.25, 0.3) is 0 Å². The van der Waals surface area contributed by atoms with Gasteiger partial charge < -0.3 is 11.1 Å². The number of aryl methyl sites for hydroxylation is 1. The Morgan fingerprint density at radius 1 is 1.47 bits per heavy atom. The molecule has 0 spiro atoms. The van der Waals surface area contributed by atoms with Crippen LogP contribution >= 0.6 is 0 Å². The lowest BCUT2D eigenvalue weighted by atomic mass is 10.2. The van der Waals surface area contributed by atoms with Crippen LogP contribution in [0.4, 0.5) is 0 Å². The van der Waals surface area contributed by atoms with Gasteiger partial charge in [-0.3, -0.25) is 9.78 Å². The first-order valence-corrected chi connectivity index (χ1v) is 5.19. The number of pyridine rings is 1. The van der Waals surface area contributed by atoms with Crippen molar-refractivity contribution in [2.45, 2.75) is 19.3 Å². The van der Waals surface area contributed by atoms with Crippen molar-refractivity contribution in [2.75, 3.05) is 13.1 Å². The second-order valence-electron chi connectivity index (χ2n) is 3.31. The summed E-state index contributed by atoms with van der Waals surface area (Å²) in [6.07, 6.45) is 3.74. The third-order valence-electron chi connectivity index (χ3n) is 2.04. The molecule has 0 saturated carbocycles. The number of hydrogen-bond donors (Lipinski definition) is 2. The summed E-state index contributed by atoms with van der Waals surface area (Å²) in [7, 11) is 0. The Labute approximate surface area is 89.9 Å². The summed E-state index contributed by atoms with van der Waals surface area (Å²) in [4.78, 5) is 15.5. The molecule has 0 aliphatic heterocycles. The minimum atomic E-state index is 0.0640. The predicted octanol–water partition coefficient (Wildman–Crippen LogP) is 0.479. The molecule has 0 bridgehead atoms. The summed E-state index contributed by atoms with van der Waals surface area (Å²) < 4.78 is 0. The Kier molecular flexibility index (Phi) is 5.40. The average Bonchev–Trinajstić information content (AvgIpc) is 2.28. The molecule has 0 atom stereocenters. The smallest absolute Gasteiger partial charge is 0.220 e. The van der Waals surface area contributed by atoms with Gasteiger partial charge in [-0.2, -0.15) is 0 Å². The molecule has 0 radical (unpaired) electrons. The van der Waals surface area contributed by atoms with E-state index in [1.165, 1.54) is 0 Å². The summed E-state index contributed by atoms with van der Waals surface area (Å²) in [5.74, 6) is 0.0640. The number of carbonyl (C=O) groups excluding carboxylic acids is 1. The molecule has 1 aromatic heterocycles. The lowest BCUT2D eigenvalue weighted by Crippen LogP contribution is -2.26. The van der Waals surface area contributed by atoms with Gasteiger partial charge in [0, 0.05) is 24.9 Å². The van der Waals surface area contributed by atoms with Gasteiger partial charge in [0.2, 0.25) is 5.91 Å². The van der Waals surface area contributed by atoms with Crippen LogP contribution in [-0.4, -0.2) is 24.0 Å². The van der Waals surface area contributed by atoms with Crippen LogP contribution in [0, 0.1) is 0 Å². The van der Waals surface area contributed by atoms with E-state index in [0.29, 0.717) is 25.9 Å². The number of hydrogen-bond acceptors (Lipinski definition) is 3. The molecule has 1 aromatic rings. The second-order valence-corrected chi connectivity index (χ2v) is 3.31. The third-order valence-corrected chi connectivity index (χ3v) is 2.04. The van der Waals surface area contributed by atoms with E-state index in [2.05, 4.69) is 10.3 Å². The zero-order valence-corrected chi connectivity index (χ0v) is 8.78. The molecule has 15 heavy (non-hydrogen) atoms. The van der Waals surface area contributed by atoms with Crippen molar-refractivity contribution in [3.63, 3.8) is 0 Å². The summed E-state index contributed by atoms with van der Waals surface area (Å²) >= 11 is 0. The molecule has 0 saturated heterocycles. The number of amides is 1. The number of nitrogens with zero attached hydrogens (tertiary/aromatic N) is 1. The fourth-order valence-electron chi connectivity index (χ4n) is 1.21. The average molecular weight is 207 g/mol. The Morgan fingerprint density at radius 2 is 2.33 bits per heavy atom. The van der Waals surface area contributed by atoms with Crippen LogP contribution in [-0.2, 0) is 11.2 Å². The van der Waals surface area contributed by atoms with Crippen molar-refractivity contribution in [3.05, 3.63) is 30.1 Å². The number of carbonyl (C=O) groups is 1. The van der Waals surface area contributed by atoms with Gasteiger partial charge in [-0.25, -0.2) is 0 Å². The minimum absolute atomic E-state index is 0.0640. The van der Waals surface area contributed by atoms with E-state index in [4.69, 9.17) is 5.73 Å². The Bertz CT molecular complexity index is 287. The molecule has 0 aromatic carbocycles. The standard InChI is InChI=1S/C11H17N3O/c12-7-3-9-14-11(15)6-5-10-4-1-2-8-13-10/h1-2,4,8H,3,5-7,9,12H2,(H,14,15). The topological polar surface area (TPSA) is 68.0 Å². The monoisotopic (exact) mass is 207 g/mol.